The number of nitrogens with zero attached hydrogens (tertiary/aromatic N) is 4. The molecule has 0 atom stereocenters. The first-order chi connectivity index (χ1) is 10.5. The van der Waals surface area contributed by atoms with Crippen LogP contribution in [-0.4, -0.2) is 47.5 Å². The highest BCUT2D eigenvalue weighted by molar-refractivity contribution is 5.92. The normalized spacial score (nSPS) is 15.9. The summed E-state index contributed by atoms with van der Waals surface area (Å²) < 4.78 is 0. The van der Waals surface area contributed by atoms with Gasteiger partial charge in [-0.25, -0.2) is 9.97 Å². The summed E-state index contributed by atoms with van der Waals surface area (Å²) in [6, 6.07) is 1.79. The monoisotopic (exact) mass is 304 g/mol. The summed E-state index contributed by atoms with van der Waals surface area (Å²) in [7, 11) is 1.84. The number of rotatable bonds is 5. The maximum Gasteiger partial charge on any atom is 0.272 e. The smallest absolute Gasteiger partial charge is 0.272 e. The van der Waals surface area contributed by atoms with Crippen LogP contribution in [0.15, 0.2) is 6.07 Å². The third-order valence-electron chi connectivity index (χ3n) is 4.32. The molecule has 0 aromatic carbocycles. The highest BCUT2D eigenvalue weighted by Gasteiger charge is 2.21. The van der Waals surface area contributed by atoms with Crippen molar-refractivity contribution in [1.29, 1.82) is 0 Å². The van der Waals surface area contributed by atoms with Crippen LogP contribution in [0.25, 0.3) is 0 Å². The van der Waals surface area contributed by atoms with Crippen molar-refractivity contribution in [1.82, 2.24) is 14.9 Å². The number of hydrogen-bond acceptors (Lipinski definition) is 4. The van der Waals surface area contributed by atoms with Crippen LogP contribution in [0.5, 0.6) is 0 Å². The molecule has 5 heteroatoms. The van der Waals surface area contributed by atoms with Gasteiger partial charge in [0, 0.05) is 32.4 Å². The molecule has 1 aromatic rings. The van der Waals surface area contributed by atoms with E-state index in [1.807, 2.05) is 14.0 Å². The first kappa shape index (κ1) is 16.7. The molecule has 1 aliphatic rings. The third kappa shape index (κ3) is 4.18. The van der Waals surface area contributed by atoms with Gasteiger partial charge in [-0.2, -0.15) is 0 Å². The lowest BCUT2D eigenvalue weighted by Gasteiger charge is -2.30. The van der Waals surface area contributed by atoms with Gasteiger partial charge in [-0.05, 0) is 38.2 Å². The van der Waals surface area contributed by atoms with E-state index in [9.17, 15) is 4.79 Å². The van der Waals surface area contributed by atoms with Crippen LogP contribution in [0.4, 0.5) is 5.95 Å². The number of carbonyl (C=O) groups is 1. The molecular weight excluding hydrogens is 276 g/mol. The average molecular weight is 304 g/mol. The maximum atomic E-state index is 12.5. The molecule has 1 fully saturated rings. The minimum Gasteiger partial charge on any atom is -0.341 e. The second-order valence-corrected chi connectivity index (χ2v) is 6.44. The van der Waals surface area contributed by atoms with E-state index < -0.39 is 0 Å². The predicted octanol–water partition coefficient (Wildman–Crippen LogP) is 2.89. The zero-order chi connectivity index (χ0) is 16.1. The molecule has 0 N–H and O–H groups in total. The van der Waals surface area contributed by atoms with Gasteiger partial charge in [0.1, 0.15) is 5.69 Å². The van der Waals surface area contributed by atoms with Crippen LogP contribution in [0.2, 0.25) is 0 Å². The number of unbranched alkanes of at least 4 members (excludes halogenated alkanes) is 1. The lowest BCUT2D eigenvalue weighted by Crippen LogP contribution is -2.35. The number of piperidine rings is 1. The fraction of sp³-hybridized carbons (Fsp3) is 0.706. The van der Waals surface area contributed by atoms with E-state index in [4.69, 9.17) is 0 Å². The van der Waals surface area contributed by atoms with Crippen molar-refractivity contribution < 1.29 is 4.79 Å². The Morgan fingerprint density at radius 3 is 2.68 bits per heavy atom. The van der Waals surface area contributed by atoms with Crippen molar-refractivity contribution in [2.75, 3.05) is 31.6 Å². The van der Waals surface area contributed by atoms with Crippen LogP contribution in [-0.2, 0) is 0 Å². The molecule has 122 valence electrons. The Morgan fingerprint density at radius 2 is 2.05 bits per heavy atom. The van der Waals surface area contributed by atoms with Crippen LogP contribution in [0.3, 0.4) is 0 Å². The Bertz CT molecular complexity index is 509. The predicted molar refractivity (Wildman–Crippen MR) is 89.2 cm³/mol. The van der Waals surface area contributed by atoms with Gasteiger partial charge in [0.25, 0.3) is 5.91 Å². The molecular formula is C17H28N4O. The van der Waals surface area contributed by atoms with Crippen LogP contribution < -0.4 is 4.90 Å². The first-order valence-electron chi connectivity index (χ1n) is 8.37. The number of aryl methyl sites for hydroxylation is 1. The number of carbonyl (C=O) groups excluding carboxylic acids is 1. The average Bonchev–Trinajstić information content (AvgIpc) is 2.52. The van der Waals surface area contributed by atoms with Crippen molar-refractivity contribution in [3.8, 4) is 0 Å². The van der Waals surface area contributed by atoms with Crippen LogP contribution in [0, 0.1) is 12.8 Å². The summed E-state index contributed by atoms with van der Waals surface area (Å²) in [4.78, 5) is 25.5. The molecule has 0 bridgehead atoms. The molecule has 1 amide bonds. The van der Waals surface area contributed by atoms with Gasteiger partial charge in [0.2, 0.25) is 5.95 Å². The molecule has 1 aliphatic heterocycles. The van der Waals surface area contributed by atoms with Gasteiger partial charge in [0.15, 0.2) is 0 Å². The van der Waals surface area contributed by atoms with Gasteiger partial charge in [-0.1, -0.05) is 20.3 Å². The summed E-state index contributed by atoms with van der Waals surface area (Å²) >= 11 is 0. The lowest BCUT2D eigenvalue weighted by atomic mass is 10.00. The molecule has 1 saturated heterocycles. The molecule has 0 unspecified atom stereocenters. The van der Waals surface area contributed by atoms with Crippen molar-refractivity contribution in [3.05, 3.63) is 17.5 Å². The lowest BCUT2D eigenvalue weighted by molar-refractivity contribution is 0.0787. The van der Waals surface area contributed by atoms with Crippen molar-refractivity contribution >= 4 is 11.9 Å². The molecule has 5 nitrogen and oxygen atoms in total. The Balaban J connectivity index is 2.14. The summed E-state index contributed by atoms with van der Waals surface area (Å²) in [5.41, 5.74) is 1.37. The van der Waals surface area contributed by atoms with Crippen LogP contribution in [0.1, 0.15) is 55.7 Å². The molecule has 0 radical (unpaired) electrons. The zero-order valence-electron chi connectivity index (χ0n) is 14.3. The fourth-order valence-electron chi connectivity index (χ4n) is 2.70. The standard InChI is InChI=1S/C17H28N4O/c1-5-6-9-20(4)16(22)15-12-14(3)18-17(19-15)21-10-7-13(2)8-11-21/h12-13H,5-11H2,1-4H3. The molecule has 0 saturated carbocycles. The maximum absolute atomic E-state index is 12.5. The minimum absolute atomic E-state index is 0.00872. The number of anilines is 1. The number of amides is 1. The van der Waals surface area contributed by atoms with E-state index in [-0.39, 0.29) is 5.91 Å². The van der Waals surface area contributed by atoms with E-state index in [0.717, 1.165) is 56.9 Å². The minimum atomic E-state index is -0.00872. The summed E-state index contributed by atoms with van der Waals surface area (Å²) in [5.74, 6) is 1.46. The number of hydrogen-bond donors (Lipinski definition) is 0. The second kappa shape index (κ2) is 7.56. The summed E-state index contributed by atoms with van der Waals surface area (Å²) in [6.45, 7) is 9.07. The SMILES string of the molecule is CCCCN(C)C(=O)c1cc(C)nc(N2CCC(C)CC2)n1. The Labute approximate surface area is 133 Å². The van der Waals surface area contributed by atoms with Crippen molar-refractivity contribution in [3.63, 3.8) is 0 Å². The van der Waals surface area contributed by atoms with Gasteiger partial charge in [0.05, 0.1) is 0 Å². The first-order valence-corrected chi connectivity index (χ1v) is 8.37. The van der Waals surface area contributed by atoms with Crippen molar-refractivity contribution in [2.24, 2.45) is 5.92 Å². The van der Waals surface area contributed by atoms with E-state index >= 15 is 0 Å². The Kier molecular flexibility index (Phi) is 5.75. The van der Waals surface area contributed by atoms with E-state index in [1.54, 1.807) is 11.0 Å². The highest BCUT2D eigenvalue weighted by Crippen LogP contribution is 2.20. The molecule has 22 heavy (non-hydrogen) atoms. The third-order valence-corrected chi connectivity index (χ3v) is 4.32. The van der Waals surface area contributed by atoms with Gasteiger partial charge in [-0.15, -0.1) is 0 Å². The molecule has 1 aromatic heterocycles. The van der Waals surface area contributed by atoms with Crippen molar-refractivity contribution in [2.45, 2.75) is 46.5 Å². The van der Waals surface area contributed by atoms with Crippen LogP contribution >= 0.6 is 0 Å². The molecule has 2 rings (SSSR count). The number of aromatic nitrogens is 2. The van der Waals surface area contributed by atoms with Gasteiger partial charge in [-0.3, -0.25) is 4.79 Å². The summed E-state index contributed by atoms with van der Waals surface area (Å²) in [5, 5.41) is 0. The molecule has 0 spiro atoms. The van der Waals surface area contributed by atoms with Gasteiger partial charge < -0.3 is 9.80 Å². The summed E-state index contributed by atoms with van der Waals surface area (Å²) in [6.07, 6.45) is 4.43. The van der Waals surface area contributed by atoms with E-state index in [1.165, 1.54) is 0 Å². The Morgan fingerprint density at radius 1 is 1.36 bits per heavy atom. The quantitative estimate of drug-likeness (QED) is 0.839. The van der Waals surface area contributed by atoms with E-state index in [0.29, 0.717) is 11.6 Å². The molecule has 0 aliphatic carbocycles. The molecule has 2 heterocycles. The topological polar surface area (TPSA) is 49.3 Å². The highest BCUT2D eigenvalue weighted by atomic mass is 16.2. The largest absolute Gasteiger partial charge is 0.341 e. The second-order valence-electron chi connectivity index (χ2n) is 6.44. The van der Waals surface area contributed by atoms with Gasteiger partial charge >= 0.3 is 0 Å². The Hall–Kier alpha value is -1.65. The van der Waals surface area contributed by atoms with E-state index in [2.05, 4.69) is 28.7 Å². The zero-order valence-corrected chi connectivity index (χ0v) is 14.3. The fourth-order valence-corrected chi connectivity index (χ4v) is 2.70.